The zero-order chi connectivity index (χ0) is 11.3. The van der Waals surface area contributed by atoms with E-state index in [1.807, 2.05) is 6.26 Å². The maximum absolute atomic E-state index is 5.65. The standard InChI is InChI=1S/C15H16O/c1-9-4-5-12-10(2)6-15-14(7-13(9)12)11(3)8-16-15/h4-5,7-8,10H,6H2,1-3H3/t10-/m1/s1. The second kappa shape index (κ2) is 3.24. The van der Waals surface area contributed by atoms with Gasteiger partial charge in [-0.25, -0.2) is 0 Å². The van der Waals surface area contributed by atoms with Crippen molar-refractivity contribution in [3.63, 3.8) is 0 Å². The first-order valence-corrected chi connectivity index (χ1v) is 5.84. The van der Waals surface area contributed by atoms with E-state index < -0.39 is 0 Å². The topological polar surface area (TPSA) is 13.1 Å². The molecule has 16 heavy (non-hydrogen) atoms. The van der Waals surface area contributed by atoms with Crippen LogP contribution in [0, 0.1) is 12.8 Å². The molecule has 0 fully saturated rings. The Labute approximate surface area is 96.2 Å². The van der Waals surface area contributed by atoms with Crippen LogP contribution in [-0.4, -0.2) is 0 Å². The van der Waals surface area contributed by atoms with E-state index in [1.165, 1.54) is 27.8 Å². The molecular formula is C15H16O. The van der Waals surface area contributed by atoms with Gasteiger partial charge in [-0.3, -0.25) is 0 Å². The molecule has 0 saturated carbocycles. The number of fused-ring (bicyclic) bond motifs is 2. The first-order chi connectivity index (χ1) is 7.66. The minimum atomic E-state index is 0.548. The molecule has 2 aliphatic carbocycles. The van der Waals surface area contributed by atoms with Crippen molar-refractivity contribution in [2.24, 2.45) is 5.92 Å². The molecule has 82 valence electrons. The van der Waals surface area contributed by atoms with Gasteiger partial charge in [-0.05, 0) is 48.1 Å². The summed E-state index contributed by atoms with van der Waals surface area (Å²) in [6.45, 7) is 6.58. The number of aryl methyl sites for hydroxylation is 1. The molecule has 0 saturated heterocycles. The highest BCUT2D eigenvalue weighted by Gasteiger charge is 2.25. The molecule has 1 aromatic rings. The van der Waals surface area contributed by atoms with Gasteiger partial charge in [0.15, 0.2) is 0 Å². The second-order valence-corrected chi connectivity index (χ2v) is 4.89. The molecule has 1 nitrogen and oxygen atoms in total. The van der Waals surface area contributed by atoms with Crippen molar-refractivity contribution in [1.29, 1.82) is 0 Å². The van der Waals surface area contributed by atoms with Crippen LogP contribution in [0.15, 0.2) is 39.6 Å². The number of hydrogen-bond acceptors (Lipinski definition) is 1. The molecule has 0 spiro atoms. The van der Waals surface area contributed by atoms with Crippen LogP contribution in [0.25, 0.3) is 6.08 Å². The highest BCUT2D eigenvalue weighted by Crippen LogP contribution is 2.39. The quantitative estimate of drug-likeness (QED) is 0.632. The minimum absolute atomic E-state index is 0.548. The van der Waals surface area contributed by atoms with Gasteiger partial charge in [0.25, 0.3) is 0 Å². The van der Waals surface area contributed by atoms with E-state index in [1.54, 1.807) is 0 Å². The SMILES string of the molecule is CC1=CC=C2C1=Cc1c(C)coc1C[C@H]2C. The maximum Gasteiger partial charge on any atom is 0.111 e. The Balaban J connectivity index is 2.21. The van der Waals surface area contributed by atoms with Crippen LogP contribution in [0.4, 0.5) is 0 Å². The fourth-order valence-electron chi connectivity index (χ4n) is 2.64. The molecule has 0 N–H and O–H groups in total. The molecule has 2 aliphatic rings. The van der Waals surface area contributed by atoms with E-state index in [0.29, 0.717) is 5.92 Å². The fraction of sp³-hybridized carbons (Fsp3) is 0.333. The summed E-state index contributed by atoms with van der Waals surface area (Å²) in [5.41, 5.74) is 6.77. The van der Waals surface area contributed by atoms with Gasteiger partial charge in [-0.2, -0.15) is 0 Å². The molecule has 1 aromatic heterocycles. The first-order valence-electron chi connectivity index (χ1n) is 5.84. The van der Waals surface area contributed by atoms with Gasteiger partial charge in [-0.15, -0.1) is 0 Å². The lowest BCUT2D eigenvalue weighted by Gasteiger charge is -2.12. The van der Waals surface area contributed by atoms with Crippen LogP contribution in [0.3, 0.4) is 0 Å². The van der Waals surface area contributed by atoms with Gasteiger partial charge in [0.1, 0.15) is 5.76 Å². The summed E-state index contributed by atoms with van der Waals surface area (Å²) >= 11 is 0. The smallest absolute Gasteiger partial charge is 0.111 e. The summed E-state index contributed by atoms with van der Waals surface area (Å²) in [5.74, 6) is 1.69. The highest BCUT2D eigenvalue weighted by molar-refractivity contribution is 5.72. The Morgan fingerprint density at radius 3 is 2.88 bits per heavy atom. The maximum atomic E-state index is 5.65. The van der Waals surface area contributed by atoms with Crippen LogP contribution in [-0.2, 0) is 6.42 Å². The molecule has 0 aliphatic heterocycles. The van der Waals surface area contributed by atoms with E-state index in [2.05, 4.69) is 39.0 Å². The third-order valence-electron chi connectivity index (χ3n) is 3.66. The summed E-state index contributed by atoms with van der Waals surface area (Å²) in [7, 11) is 0. The van der Waals surface area contributed by atoms with Crippen LogP contribution in [0.5, 0.6) is 0 Å². The van der Waals surface area contributed by atoms with Crippen molar-refractivity contribution < 1.29 is 4.42 Å². The third-order valence-corrected chi connectivity index (χ3v) is 3.66. The fourth-order valence-corrected chi connectivity index (χ4v) is 2.64. The van der Waals surface area contributed by atoms with Crippen LogP contribution >= 0.6 is 0 Å². The number of allylic oxidation sites excluding steroid dienone is 5. The molecule has 0 bridgehead atoms. The molecule has 0 amide bonds. The lowest BCUT2D eigenvalue weighted by molar-refractivity contribution is 0.481. The molecule has 1 heterocycles. The van der Waals surface area contributed by atoms with Gasteiger partial charge >= 0.3 is 0 Å². The summed E-state index contributed by atoms with van der Waals surface area (Å²) in [4.78, 5) is 0. The minimum Gasteiger partial charge on any atom is -0.468 e. The molecule has 1 heteroatoms. The molecule has 0 aromatic carbocycles. The van der Waals surface area contributed by atoms with Gasteiger partial charge in [0, 0.05) is 12.0 Å². The summed E-state index contributed by atoms with van der Waals surface area (Å²) in [6, 6.07) is 0. The Bertz CT molecular complexity index is 538. The molecule has 0 unspecified atom stereocenters. The predicted octanol–water partition coefficient (Wildman–Crippen LogP) is 4.05. The highest BCUT2D eigenvalue weighted by atomic mass is 16.3. The lowest BCUT2D eigenvalue weighted by atomic mass is 9.93. The summed E-state index contributed by atoms with van der Waals surface area (Å²) in [6.07, 6.45) is 9.65. The van der Waals surface area contributed by atoms with Crippen molar-refractivity contribution >= 4 is 6.08 Å². The van der Waals surface area contributed by atoms with Crippen molar-refractivity contribution in [1.82, 2.24) is 0 Å². The Morgan fingerprint density at radius 2 is 2.06 bits per heavy atom. The van der Waals surface area contributed by atoms with Crippen molar-refractivity contribution in [2.45, 2.75) is 27.2 Å². The Morgan fingerprint density at radius 1 is 1.25 bits per heavy atom. The largest absolute Gasteiger partial charge is 0.468 e. The average molecular weight is 212 g/mol. The molecule has 3 rings (SSSR count). The van der Waals surface area contributed by atoms with E-state index in [4.69, 9.17) is 4.42 Å². The van der Waals surface area contributed by atoms with Gasteiger partial charge in [-0.1, -0.05) is 19.1 Å². The van der Waals surface area contributed by atoms with E-state index in [0.717, 1.165) is 12.2 Å². The Kier molecular flexibility index (Phi) is 1.97. The van der Waals surface area contributed by atoms with E-state index >= 15 is 0 Å². The van der Waals surface area contributed by atoms with E-state index in [-0.39, 0.29) is 0 Å². The van der Waals surface area contributed by atoms with Crippen LogP contribution < -0.4 is 0 Å². The van der Waals surface area contributed by atoms with E-state index in [9.17, 15) is 0 Å². The van der Waals surface area contributed by atoms with Crippen LogP contribution in [0.1, 0.15) is 30.7 Å². The number of hydrogen-bond donors (Lipinski definition) is 0. The number of furan rings is 1. The monoisotopic (exact) mass is 212 g/mol. The van der Waals surface area contributed by atoms with Crippen molar-refractivity contribution in [3.8, 4) is 0 Å². The summed E-state index contributed by atoms with van der Waals surface area (Å²) in [5, 5.41) is 0. The van der Waals surface area contributed by atoms with Crippen molar-refractivity contribution in [3.05, 3.63) is 52.0 Å². The third kappa shape index (κ3) is 1.24. The van der Waals surface area contributed by atoms with Crippen LogP contribution in [0.2, 0.25) is 0 Å². The zero-order valence-corrected chi connectivity index (χ0v) is 10.0. The van der Waals surface area contributed by atoms with Gasteiger partial charge < -0.3 is 4.42 Å². The Hall–Kier alpha value is -1.50. The molecule has 1 atom stereocenters. The second-order valence-electron chi connectivity index (χ2n) is 4.89. The predicted molar refractivity (Wildman–Crippen MR) is 66.1 cm³/mol. The number of rotatable bonds is 0. The van der Waals surface area contributed by atoms with Crippen molar-refractivity contribution in [2.75, 3.05) is 0 Å². The zero-order valence-electron chi connectivity index (χ0n) is 10.0. The lowest BCUT2D eigenvalue weighted by Crippen LogP contribution is -2.02. The van der Waals surface area contributed by atoms with Gasteiger partial charge in [0.05, 0.1) is 6.26 Å². The molecular weight excluding hydrogens is 196 g/mol. The van der Waals surface area contributed by atoms with Gasteiger partial charge in [0.2, 0.25) is 0 Å². The first kappa shape index (κ1) is 9.71. The summed E-state index contributed by atoms with van der Waals surface area (Å²) < 4.78 is 5.65. The average Bonchev–Trinajstić information content (AvgIpc) is 2.72. The molecule has 0 radical (unpaired) electrons. The normalized spacial score (nSPS) is 22.9.